The van der Waals surface area contributed by atoms with Crippen molar-refractivity contribution in [2.24, 2.45) is 0 Å². The summed E-state index contributed by atoms with van der Waals surface area (Å²) in [6, 6.07) is 6.09. The third kappa shape index (κ3) is 4.88. The van der Waals surface area contributed by atoms with Crippen molar-refractivity contribution < 1.29 is 22.8 Å². The van der Waals surface area contributed by atoms with Gasteiger partial charge in [-0.05, 0) is 18.2 Å². The number of aromatic nitrogens is 4. The van der Waals surface area contributed by atoms with Crippen LogP contribution in [-0.4, -0.2) is 31.3 Å². The summed E-state index contributed by atoms with van der Waals surface area (Å²) in [6.07, 6.45) is 0.866. The molecule has 0 saturated heterocycles. The predicted molar refractivity (Wildman–Crippen MR) is 117 cm³/mol. The van der Waals surface area contributed by atoms with Crippen LogP contribution in [0.25, 0.3) is 5.52 Å². The minimum absolute atomic E-state index is 0.116. The van der Waals surface area contributed by atoms with Gasteiger partial charge in [-0.25, -0.2) is 14.5 Å². The van der Waals surface area contributed by atoms with Gasteiger partial charge >= 0.3 is 6.18 Å². The van der Waals surface area contributed by atoms with Crippen LogP contribution in [0.15, 0.2) is 49.1 Å². The van der Waals surface area contributed by atoms with E-state index < -0.39 is 22.7 Å². The van der Waals surface area contributed by atoms with E-state index in [0.717, 1.165) is 17.5 Å². The van der Waals surface area contributed by atoms with Crippen molar-refractivity contribution in [1.82, 2.24) is 19.6 Å². The summed E-state index contributed by atoms with van der Waals surface area (Å²) >= 11 is 6.60. The lowest BCUT2D eigenvalue weighted by atomic mass is 10.0. The van der Waals surface area contributed by atoms with Gasteiger partial charge in [0.15, 0.2) is 5.78 Å². The number of nitrogens with zero attached hydrogens (tertiary/aromatic N) is 4. The molecule has 4 aromatic heterocycles. The van der Waals surface area contributed by atoms with Crippen molar-refractivity contribution in [2.75, 3.05) is 5.32 Å². The van der Waals surface area contributed by atoms with Crippen LogP contribution in [0.3, 0.4) is 0 Å². The SMILES string of the molecule is CC(CC(=O)c1cnn2ccccc12)c1ncc(C(=O)Nc2cc(C(F)(F)F)c(Cl)cn2)s1. The highest BCUT2D eigenvalue weighted by atomic mass is 35.5. The lowest BCUT2D eigenvalue weighted by Crippen LogP contribution is -2.13. The molecule has 0 bridgehead atoms. The van der Waals surface area contributed by atoms with E-state index in [9.17, 15) is 22.8 Å². The number of halogens is 4. The molecule has 12 heteroatoms. The average molecular weight is 494 g/mol. The molecule has 4 heterocycles. The van der Waals surface area contributed by atoms with E-state index in [1.807, 2.05) is 12.1 Å². The van der Waals surface area contributed by atoms with Gasteiger partial charge in [0.05, 0.1) is 39.1 Å². The molecule has 0 spiro atoms. The van der Waals surface area contributed by atoms with Gasteiger partial charge in [-0.1, -0.05) is 24.6 Å². The summed E-state index contributed by atoms with van der Waals surface area (Å²) in [5.41, 5.74) is 0.0909. The zero-order chi connectivity index (χ0) is 23.8. The number of Topliss-reactive ketones (excluding diaryl/α,β-unsaturated/α-hetero) is 1. The Bertz CT molecular complexity index is 1350. The first-order chi connectivity index (χ1) is 15.6. The number of carbonyl (C=O) groups excluding carboxylic acids is 2. The Morgan fingerprint density at radius 2 is 2.00 bits per heavy atom. The quantitative estimate of drug-likeness (QED) is 0.359. The number of anilines is 1. The highest BCUT2D eigenvalue weighted by molar-refractivity contribution is 7.13. The average Bonchev–Trinajstić information content (AvgIpc) is 3.42. The van der Waals surface area contributed by atoms with Gasteiger partial charge in [0.25, 0.3) is 5.91 Å². The fourth-order valence-electron chi connectivity index (χ4n) is 3.15. The van der Waals surface area contributed by atoms with E-state index in [4.69, 9.17) is 11.6 Å². The van der Waals surface area contributed by atoms with E-state index in [-0.39, 0.29) is 28.8 Å². The van der Waals surface area contributed by atoms with Crippen molar-refractivity contribution >= 4 is 46.0 Å². The Morgan fingerprint density at radius 3 is 2.76 bits per heavy atom. The highest BCUT2D eigenvalue weighted by Gasteiger charge is 2.34. The molecule has 0 aromatic carbocycles. The van der Waals surface area contributed by atoms with Crippen molar-refractivity contribution in [3.8, 4) is 0 Å². The Kier molecular flexibility index (Phi) is 6.17. The van der Waals surface area contributed by atoms with E-state index in [0.29, 0.717) is 22.2 Å². The monoisotopic (exact) mass is 493 g/mol. The number of hydrogen-bond donors (Lipinski definition) is 1. The Hall–Kier alpha value is -3.31. The minimum Gasteiger partial charge on any atom is -0.306 e. The maximum Gasteiger partial charge on any atom is 0.418 e. The number of ketones is 1. The molecule has 33 heavy (non-hydrogen) atoms. The number of fused-ring (bicyclic) bond motifs is 1. The summed E-state index contributed by atoms with van der Waals surface area (Å²) in [4.78, 5) is 33.3. The maximum atomic E-state index is 13.0. The fraction of sp³-hybridized carbons (Fsp3) is 0.190. The molecule has 4 aromatic rings. The van der Waals surface area contributed by atoms with Crippen LogP contribution in [0.1, 0.15) is 49.9 Å². The lowest BCUT2D eigenvalue weighted by Gasteiger charge is -2.10. The zero-order valence-electron chi connectivity index (χ0n) is 16.9. The van der Waals surface area contributed by atoms with Crippen LogP contribution in [-0.2, 0) is 6.18 Å². The second kappa shape index (κ2) is 8.91. The molecule has 7 nitrogen and oxygen atoms in total. The molecule has 170 valence electrons. The normalized spacial score (nSPS) is 12.6. The van der Waals surface area contributed by atoms with Gasteiger partial charge in [0.2, 0.25) is 0 Å². The van der Waals surface area contributed by atoms with Gasteiger partial charge in [0, 0.05) is 24.7 Å². The molecule has 0 aliphatic heterocycles. The van der Waals surface area contributed by atoms with E-state index in [1.165, 1.54) is 12.4 Å². The Balaban J connectivity index is 1.45. The fourth-order valence-corrected chi connectivity index (χ4v) is 4.22. The molecule has 0 aliphatic rings. The molecular formula is C21H15ClF3N5O2S. The smallest absolute Gasteiger partial charge is 0.306 e. The Morgan fingerprint density at radius 1 is 1.21 bits per heavy atom. The first-order valence-corrected chi connectivity index (χ1v) is 10.8. The molecule has 0 saturated carbocycles. The van der Waals surface area contributed by atoms with Crippen LogP contribution in [0.5, 0.6) is 0 Å². The molecular weight excluding hydrogens is 479 g/mol. The second-order valence-corrected chi connectivity index (χ2v) is 8.65. The van der Waals surface area contributed by atoms with Gasteiger partial charge in [-0.3, -0.25) is 9.59 Å². The zero-order valence-corrected chi connectivity index (χ0v) is 18.5. The highest BCUT2D eigenvalue weighted by Crippen LogP contribution is 2.35. The summed E-state index contributed by atoms with van der Waals surface area (Å²) in [6.45, 7) is 1.81. The van der Waals surface area contributed by atoms with E-state index in [1.54, 1.807) is 23.7 Å². The van der Waals surface area contributed by atoms with Crippen LogP contribution >= 0.6 is 22.9 Å². The molecule has 0 fully saturated rings. The number of nitrogens with one attached hydrogen (secondary N) is 1. The van der Waals surface area contributed by atoms with E-state index >= 15 is 0 Å². The van der Waals surface area contributed by atoms with Crippen LogP contribution in [0, 0.1) is 0 Å². The Labute approximate surface area is 194 Å². The van der Waals surface area contributed by atoms with Gasteiger partial charge < -0.3 is 5.32 Å². The molecule has 0 radical (unpaired) electrons. The number of hydrogen-bond acceptors (Lipinski definition) is 6. The largest absolute Gasteiger partial charge is 0.418 e. The van der Waals surface area contributed by atoms with Crippen molar-refractivity contribution in [3.63, 3.8) is 0 Å². The standard InChI is InChI=1S/C21H15ClF3N5O2S/c1-11(6-16(31)12-8-28-30-5-3-2-4-15(12)30)20-27-10-17(33-20)19(32)29-18-7-13(21(23,24)25)14(22)9-26-18/h2-5,7-11H,6H2,1H3,(H,26,29,32). The summed E-state index contributed by atoms with van der Waals surface area (Å²) in [7, 11) is 0. The lowest BCUT2D eigenvalue weighted by molar-refractivity contribution is -0.137. The first kappa shape index (κ1) is 22.9. The number of pyridine rings is 2. The number of carbonyl (C=O) groups is 2. The molecule has 0 aliphatic carbocycles. The maximum absolute atomic E-state index is 13.0. The topological polar surface area (TPSA) is 89.3 Å². The number of thiazole rings is 1. The molecule has 1 unspecified atom stereocenters. The second-order valence-electron chi connectivity index (χ2n) is 7.18. The van der Waals surface area contributed by atoms with Gasteiger partial charge in [-0.15, -0.1) is 11.3 Å². The van der Waals surface area contributed by atoms with Crippen molar-refractivity contribution in [2.45, 2.75) is 25.4 Å². The summed E-state index contributed by atoms with van der Waals surface area (Å²) in [5.74, 6) is -1.35. The van der Waals surface area contributed by atoms with Crippen LogP contribution in [0.2, 0.25) is 5.02 Å². The molecule has 1 atom stereocenters. The van der Waals surface area contributed by atoms with Crippen molar-refractivity contribution in [1.29, 1.82) is 0 Å². The number of amides is 1. The predicted octanol–water partition coefficient (Wildman–Crippen LogP) is 5.49. The third-order valence-electron chi connectivity index (χ3n) is 4.79. The number of rotatable bonds is 6. The summed E-state index contributed by atoms with van der Waals surface area (Å²) in [5, 5.41) is 6.46. The van der Waals surface area contributed by atoms with Crippen LogP contribution in [0.4, 0.5) is 19.0 Å². The molecule has 4 rings (SSSR count). The third-order valence-corrected chi connectivity index (χ3v) is 6.32. The van der Waals surface area contributed by atoms with Gasteiger partial charge in [0.1, 0.15) is 10.7 Å². The molecule has 1 N–H and O–H groups in total. The summed E-state index contributed by atoms with van der Waals surface area (Å²) < 4.78 is 40.6. The number of alkyl halides is 3. The van der Waals surface area contributed by atoms with Crippen molar-refractivity contribution in [3.05, 3.63) is 75.1 Å². The minimum atomic E-state index is -4.68. The van der Waals surface area contributed by atoms with E-state index in [2.05, 4.69) is 20.4 Å². The van der Waals surface area contributed by atoms with Crippen LogP contribution < -0.4 is 5.32 Å². The van der Waals surface area contributed by atoms with Gasteiger partial charge in [-0.2, -0.15) is 18.3 Å². The first-order valence-electron chi connectivity index (χ1n) is 9.59. The molecule has 1 amide bonds.